The SMILES string of the molecule is CC(=O)Nc1ccc2cc(CO)ccc2n1. The molecule has 0 radical (unpaired) electrons. The van der Waals surface area contributed by atoms with Gasteiger partial charge in [0.1, 0.15) is 5.82 Å². The van der Waals surface area contributed by atoms with Crippen molar-refractivity contribution in [2.45, 2.75) is 13.5 Å². The van der Waals surface area contributed by atoms with Crippen molar-refractivity contribution in [2.75, 3.05) is 5.32 Å². The molecule has 0 aliphatic heterocycles. The third kappa shape index (κ3) is 2.17. The van der Waals surface area contributed by atoms with E-state index in [-0.39, 0.29) is 12.5 Å². The molecule has 82 valence electrons. The highest BCUT2D eigenvalue weighted by Crippen LogP contribution is 2.17. The van der Waals surface area contributed by atoms with E-state index in [1.54, 1.807) is 6.07 Å². The molecule has 0 fully saturated rings. The maximum atomic E-state index is 10.9. The molecule has 1 heterocycles. The predicted octanol–water partition coefficient (Wildman–Crippen LogP) is 1.69. The average molecular weight is 216 g/mol. The molecule has 1 aromatic heterocycles. The summed E-state index contributed by atoms with van der Waals surface area (Å²) in [6, 6.07) is 9.12. The highest BCUT2D eigenvalue weighted by Gasteiger charge is 2.00. The molecule has 2 aromatic rings. The Balaban J connectivity index is 2.43. The summed E-state index contributed by atoms with van der Waals surface area (Å²) >= 11 is 0. The summed E-state index contributed by atoms with van der Waals surface area (Å²) in [6.07, 6.45) is 0. The third-order valence-electron chi connectivity index (χ3n) is 2.24. The number of rotatable bonds is 2. The van der Waals surface area contributed by atoms with Gasteiger partial charge in [0, 0.05) is 12.3 Å². The molecule has 4 nitrogen and oxygen atoms in total. The lowest BCUT2D eigenvalue weighted by Crippen LogP contribution is -2.07. The fraction of sp³-hybridized carbons (Fsp3) is 0.167. The number of aliphatic hydroxyl groups is 1. The van der Waals surface area contributed by atoms with Gasteiger partial charge in [-0.15, -0.1) is 0 Å². The Kier molecular flexibility index (Phi) is 2.83. The van der Waals surface area contributed by atoms with E-state index in [0.717, 1.165) is 16.5 Å². The van der Waals surface area contributed by atoms with Crippen LogP contribution in [0.25, 0.3) is 10.9 Å². The molecule has 0 saturated heterocycles. The summed E-state index contributed by atoms with van der Waals surface area (Å²) in [7, 11) is 0. The number of nitrogens with one attached hydrogen (secondary N) is 1. The minimum absolute atomic E-state index is 0.0172. The third-order valence-corrected chi connectivity index (χ3v) is 2.24. The molecule has 0 saturated carbocycles. The van der Waals surface area contributed by atoms with E-state index in [9.17, 15) is 4.79 Å². The van der Waals surface area contributed by atoms with Gasteiger partial charge >= 0.3 is 0 Å². The van der Waals surface area contributed by atoms with E-state index >= 15 is 0 Å². The summed E-state index contributed by atoms with van der Waals surface area (Å²) in [6.45, 7) is 1.46. The van der Waals surface area contributed by atoms with Gasteiger partial charge in [-0.05, 0) is 29.8 Å². The number of carbonyl (C=O) groups is 1. The second kappa shape index (κ2) is 4.28. The van der Waals surface area contributed by atoms with Crippen molar-refractivity contribution in [3.8, 4) is 0 Å². The van der Waals surface area contributed by atoms with Crippen LogP contribution in [0.15, 0.2) is 30.3 Å². The van der Waals surface area contributed by atoms with Crippen LogP contribution in [-0.2, 0) is 11.4 Å². The Morgan fingerprint density at radius 3 is 2.88 bits per heavy atom. The molecular formula is C12H12N2O2. The lowest BCUT2D eigenvalue weighted by atomic mass is 10.1. The minimum Gasteiger partial charge on any atom is -0.392 e. The molecule has 1 amide bonds. The number of hydrogen-bond donors (Lipinski definition) is 2. The number of anilines is 1. The van der Waals surface area contributed by atoms with Crippen LogP contribution in [0.3, 0.4) is 0 Å². The highest BCUT2D eigenvalue weighted by atomic mass is 16.3. The van der Waals surface area contributed by atoms with Crippen LogP contribution >= 0.6 is 0 Å². The molecule has 2 N–H and O–H groups in total. The van der Waals surface area contributed by atoms with Crippen molar-refractivity contribution in [1.82, 2.24) is 4.98 Å². The molecule has 0 aliphatic carbocycles. The summed E-state index contributed by atoms with van der Waals surface area (Å²) in [5, 5.41) is 12.6. The fourth-order valence-electron chi connectivity index (χ4n) is 1.52. The summed E-state index contributed by atoms with van der Waals surface area (Å²) in [5.41, 5.74) is 1.64. The lowest BCUT2D eigenvalue weighted by Gasteiger charge is -2.04. The van der Waals surface area contributed by atoms with Crippen molar-refractivity contribution in [3.05, 3.63) is 35.9 Å². The molecule has 0 spiro atoms. The van der Waals surface area contributed by atoms with Gasteiger partial charge in [-0.1, -0.05) is 6.07 Å². The van der Waals surface area contributed by atoms with Gasteiger partial charge in [-0.2, -0.15) is 0 Å². The number of fused-ring (bicyclic) bond motifs is 1. The van der Waals surface area contributed by atoms with E-state index in [1.807, 2.05) is 24.3 Å². The van der Waals surface area contributed by atoms with Gasteiger partial charge < -0.3 is 10.4 Å². The number of amides is 1. The van der Waals surface area contributed by atoms with Gasteiger partial charge in [-0.3, -0.25) is 4.79 Å². The first kappa shape index (κ1) is 10.6. The molecule has 4 heteroatoms. The Morgan fingerprint density at radius 1 is 1.38 bits per heavy atom. The van der Waals surface area contributed by atoms with E-state index in [4.69, 9.17) is 5.11 Å². The minimum atomic E-state index is -0.140. The Hall–Kier alpha value is -1.94. The van der Waals surface area contributed by atoms with E-state index in [0.29, 0.717) is 5.82 Å². The Morgan fingerprint density at radius 2 is 2.19 bits per heavy atom. The first-order valence-corrected chi connectivity index (χ1v) is 4.97. The highest BCUT2D eigenvalue weighted by molar-refractivity contribution is 5.89. The lowest BCUT2D eigenvalue weighted by molar-refractivity contribution is -0.114. The van der Waals surface area contributed by atoms with Crippen LogP contribution in [0.2, 0.25) is 0 Å². The van der Waals surface area contributed by atoms with Gasteiger partial charge in [0.25, 0.3) is 0 Å². The van der Waals surface area contributed by atoms with Gasteiger partial charge in [0.15, 0.2) is 0 Å². The molecule has 0 aliphatic rings. The largest absolute Gasteiger partial charge is 0.392 e. The van der Waals surface area contributed by atoms with Crippen LogP contribution in [0.4, 0.5) is 5.82 Å². The topological polar surface area (TPSA) is 62.2 Å². The van der Waals surface area contributed by atoms with Crippen LogP contribution in [0, 0.1) is 0 Å². The van der Waals surface area contributed by atoms with Gasteiger partial charge in [0.2, 0.25) is 5.91 Å². The Bertz CT molecular complexity index is 538. The zero-order chi connectivity index (χ0) is 11.5. The normalized spacial score (nSPS) is 10.4. The second-order valence-corrected chi connectivity index (χ2v) is 3.56. The molecule has 2 rings (SSSR count). The molecule has 0 atom stereocenters. The zero-order valence-corrected chi connectivity index (χ0v) is 8.90. The van der Waals surface area contributed by atoms with Gasteiger partial charge in [-0.25, -0.2) is 4.98 Å². The van der Waals surface area contributed by atoms with Crippen LogP contribution < -0.4 is 5.32 Å². The maximum Gasteiger partial charge on any atom is 0.222 e. The standard InChI is InChI=1S/C12H12N2O2/c1-8(16)13-12-5-3-10-6-9(7-15)2-4-11(10)14-12/h2-6,15H,7H2,1H3,(H,13,14,16). The van der Waals surface area contributed by atoms with Crippen molar-refractivity contribution in [2.24, 2.45) is 0 Å². The number of aliphatic hydroxyl groups excluding tert-OH is 1. The molecule has 16 heavy (non-hydrogen) atoms. The first-order chi connectivity index (χ1) is 7.69. The molecular weight excluding hydrogens is 204 g/mol. The number of nitrogens with zero attached hydrogens (tertiary/aromatic N) is 1. The molecule has 0 unspecified atom stereocenters. The fourth-order valence-corrected chi connectivity index (χ4v) is 1.52. The quantitative estimate of drug-likeness (QED) is 0.802. The van der Waals surface area contributed by atoms with Crippen molar-refractivity contribution < 1.29 is 9.90 Å². The van der Waals surface area contributed by atoms with E-state index in [1.165, 1.54) is 6.92 Å². The van der Waals surface area contributed by atoms with Crippen molar-refractivity contribution >= 4 is 22.6 Å². The Labute approximate surface area is 92.9 Å². The zero-order valence-electron chi connectivity index (χ0n) is 8.90. The summed E-state index contributed by atoms with van der Waals surface area (Å²) < 4.78 is 0. The van der Waals surface area contributed by atoms with Gasteiger partial charge in [0.05, 0.1) is 12.1 Å². The second-order valence-electron chi connectivity index (χ2n) is 3.56. The average Bonchev–Trinajstić information content (AvgIpc) is 2.27. The monoisotopic (exact) mass is 216 g/mol. The smallest absolute Gasteiger partial charge is 0.222 e. The number of aromatic nitrogens is 1. The number of hydrogen-bond acceptors (Lipinski definition) is 3. The maximum absolute atomic E-state index is 10.9. The van der Waals surface area contributed by atoms with E-state index < -0.39 is 0 Å². The predicted molar refractivity (Wildman–Crippen MR) is 62.0 cm³/mol. The van der Waals surface area contributed by atoms with Crippen LogP contribution in [0.5, 0.6) is 0 Å². The summed E-state index contributed by atoms with van der Waals surface area (Å²) in [5.74, 6) is 0.399. The number of benzene rings is 1. The molecule has 0 bridgehead atoms. The molecule has 1 aromatic carbocycles. The van der Waals surface area contributed by atoms with Crippen molar-refractivity contribution in [1.29, 1.82) is 0 Å². The number of pyridine rings is 1. The van der Waals surface area contributed by atoms with E-state index in [2.05, 4.69) is 10.3 Å². The summed E-state index contributed by atoms with van der Waals surface area (Å²) in [4.78, 5) is 15.1. The van der Waals surface area contributed by atoms with Crippen LogP contribution in [0.1, 0.15) is 12.5 Å². The number of carbonyl (C=O) groups excluding carboxylic acids is 1. The van der Waals surface area contributed by atoms with Crippen molar-refractivity contribution in [3.63, 3.8) is 0 Å². The first-order valence-electron chi connectivity index (χ1n) is 4.97. The van der Waals surface area contributed by atoms with Crippen LogP contribution in [-0.4, -0.2) is 16.0 Å².